The largest absolute Gasteiger partial charge is 0.381 e. The average Bonchev–Trinajstić information content (AvgIpc) is 1.90. The van der Waals surface area contributed by atoms with Gasteiger partial charge >= 0.3 is 0 Å². The molecule has 1 rings (SSSR count). The third-order valence-electron chi connectivity index (χ3n) is 1.59. The molecule has 0 radical (unpaired) electrons. The fraction of sp³-hybridized carbons (Fsp3) is 1.00. The molecular weight excluding hydrogens is 102 g/mol. The van der Waals surface area contributed by atoms with Gasteiger partial charge in [0.1, 0.15) is 0 Å². The van der Waals surface area contributed by atoms with E-state index in [0.717, 1.165) is 19.8 Å². The van der Waals surface area contributed by atoms with Crippen molar-refractivity contribution in [3.8, 4) is 0 Å². The van der Waals surface area contributed by atoms with Crippen molar-refractivity contribution in [2.45, 2.75) is 12.8 Å². The molecule has 8 heavy (non-hydrogen) atoms. The van der Waals surface area contributed by atoms with Gasteiger partial charge in [0.05, 0.1) is 6.61 Å². The van der Waals surface area contributed by atoms with Crippen LogP contribution in [0.2, 0.25) is 0 Å². The Balaban J connectivity index is 2.13. The van der Waals surface area contributed by atoms with Crippen molar-refractivity contribution in [3.05, 3.63) is 0 Å². The van der Waals surface area contributed by atoms with E-state index >= 15 is 0 Å². The average molecular weight is 115 g/mol. The minimum absolute atomic E-state index is 0.642. The van der Waals surface area contributed by atoms with Crippen LogP contribution in [0, 0.1) is 5.92 Å². The van der Waals surface area contributed by atoms with Crippen LogP contribution in [0.15, 0.2) is 0 Å². The van der Waals surface area contributed by atoms with Crippen LogP contribution in [0.25, 0.3) is 0 Å². The molecule has 0 aromatic rings. The molecule has 1 atom stereocenters. The molecular formula is C6H13NO. The molecule has 0 aromatic carbocycles. The molecule has 2 nitrogen and oxygen atoms in total. The van der Waals surface area contributed by atoms with Crippen LogP contribution in [0.4, 0.5) is 0 Å². The summed E-state index contributed by atoms with van der Waals surface area (Å²) in [6.45, 7) is 2.62. The van der Waals surface area contributed by atoms with Crippen molar-refractivity contribution < 1.29 is 4.74 Å². The lowest BCUT2D eigenvalue weighted by Gasteiger charge is -2.19. The summed E-state index contributed by atoms with van der Waals surface area (Å²) in [7, 11) is 0. The van der Waals surface area contributed by atoms with E-state index in [1.54, 1.807) is 0 Å². The topological polar surface area (TPSA) is 35.2 Å². The second-order valence-corrected chi connectivity index (χ2v) is 2.32. The summed E-state index contributed by atoms with van der Waals surface area (Å²) >= 11 is 0. The van der Waals surface area contributed by atoms with Crippen molar-refractivity contribution in [3.63, 3.8) is 0 Å². The Hall–Kier alpha value is -0.0800. The normalized spacial score (nSPS) is 30.4. The fourth-order valence-corrected chi connectivity index (χ4v) is 0.993. The summed E-state index contributed by atoms with van der Waals surface area (Å²) in [6, 6.07) is 0. The minimum atomic E-state index is 0.642. The molecule has 0 aromatic heterocycles. The second kappa shape index (κ2) is 3.05. The van der Waals surface area contributed by atoms with Crippen LogP contribution in [-0.4, -0.2) is 19.8 Å². The van der Waals surface area contributed by atoms with E-state index in [4.69, 9.17) is 10.5 Å². The SMILES string of the molecule is NC[C@@H]1CCCOC1. The van der Waals surface area contributed by atoms with Gasteiger partial charge in [0, 0.05) is 6.61 Å². The maximum Gasteiger partial charge on any atom is 0.0506 e. The summed E-state index contributed by atoms with van der Waals surface area (Å²) in [6.07, 6.45) is 2.46. The Morgan fingerprint density at radius 1 is 1.62 bits per heavy atom. The molecule has 0 amide bonds. The second-order valence-electron chi connectivity index (χ2n) is 2.32. The maximum atomic E-state index is 5.42. The van der Waals surface area contributed by atoms with Gasteiger partial charge < -0.3 is 10.5 Å². The quantitative estimate of drug-likeness (QED) is 0.536. The van der Waals surface area contributed by atoms with Crippen molar-refractivity contribution in [2.24, 2.45) is 11.7 Å². The number of ether oxygens (including phenoxy) is 1. The number of nitrogens with two attached hydrogens (primary N) is 1. The lowest BCUT2D eigenvalue weighted by molar-refractivity contribution is 0.0580. The van der Waals surface area contributed by atoms with Crippen LogP contribution < -0.4 is 5.73 Å². The van der Waals surface area contributed by atoms with Gasteiger partial charge in [0.2, 0.25) is 0 Å². The molecule has 1 heterocycles. The third kappa shape index (κ3) is 1.46. The minimum Gasteiger partial charge on any atom is -0.381 e. The third-order valence-corrected chi connectivity index (χ3v) is 1.59. The molecule has 1 saturated heterocycles. The molecule has 48 valence electrons. The maximum absolute atomic E-state index is 5.42. The van der Waals surface area contributed by atoms with Gasteiger partial charge in [0.25, 0.3) is 0 Å². The molecule has 1 fully saturated rings. The molecule has 2 N–H and O–H groups in total. The van der Waals surface area contributed by atoms with Gasteiger partial charge in [-0.1, -0.05) is 0 Å². The van der Waals surface area contributed by atoms with E-state index in [9.17, 15) is 0 Å². The Bertz CT molecular complexity index is 59.5. The van der Waals surface area contributed by atoms with E-state index in [0.29, 0.717) is 5.92 Å². The van der Waals surface area contributed by atoms with Gasteiger partial charge in [-0.15, -0.1) is 0 Å². The van der Waals surface area contributed by atoms with Crippen molar-refractivity contribution in [1.82, 2.24) is 0 Å². The van der Waals surface area contributed by atoms with Crippen LogP contribution in [0.1, 0.15) is 12.8 Å². The van der Waals surface area contributed by atoms with Gasteiger partial charge in [-0.05, 0) is 25.3 Å². The highest BCUT2D eigenvalue weighted by molar-refractivity contribution is 4.62. The van der Waals surface area contributed by atoms with Crippen molar-refractivity contribution >= 4 is 0 Å². The van der Waals surface area contributed by atoms with Gasteiger partial charge in [-0.3, -0.25) is 0 Å². The first kappa shape index (κ1) is 6.05. The predicted octanol–water partition coefficient (Wildman–Crippen LogP) is 0.372. The Kier molecular flexibility index (Phi) is 2.30. The summed E-state index contributed by atoms with van der Waals surface area (Å²) in [5.74, 6) is 0.642. The lowest BCUT2D eigenvalue weighted by atomic mass is 10.0. The van der Waals surface area contributed by atoms with Gasteiger partial charge in [-0.25, -0.2) is 0 Å². The van der Waals surface area contributed by atoms with Crippen molar-refractivity contribution in [2.75, 3.05) is 19.8 Å². The fourth-order valence-electron chi connectivity index (χ4n) is 0.993. The van der Waals surface area contributed by atoms with Crippen molar-refractivity contribution in [1.29, 1.82) is 0 Å². The highest BCUT2D eigenvalue weighted by atomic mass is 16.5. The van der Waals surface area contributed by atoms with Crippen LogP contribution in [0.5, 0.6) is 0 Å². The van der Waals surface area contributed by atoms with E-state index in [2.05, 4.69) is 0 Å². The van der Waals surface area contributed by atoms with Crippen LogP contribution >= 0.6 is 0 Å². The summed E-state index contributed by atoms with van der Waals surface area (Å²) in [4.78, 5) is 0. The summed E-state index contributed by atoms with van der Waals surface area (Å²) in [5, 5.41) is 0. The van der Waals surface area contributed by atoms with Gasteiger partial charge in [-0.2, -0.15) is 0 Å². The first-order valence-electron chi connectivity index (χ1n) is 3.21. The van der Waals surface area contributed by atoms with E-state index in [1.165, 1.54) is 12.8 Å². The van der Waals surface area contributed by atoms with E-state index < -0.39 is 0 Å². The van der Waals surface area contributed by atoms with E-state index in [-0.39, 0.29) is 0 Å². The van der Waals surface area contributed by atoms with Crippen LogP contribution in [0.3, 0.4) is 0 Å². The Labute approximate surface area is 50.0 Å². The standard InChI is InChI=1S/C6H13NO/c7-4-6-2-1-3-8-5-6/h6H,1-5,7H2/t6-/m0/s1. The Morgan fingerprint density at radius 2 is 2.50 bits per heavy atom. The molecule has 1 aliphatic heterocycles. The Morgan fingerprint density at radius 3 is 2.88 bits per heavy atom. The highest BCUT2D eigenvalue weighted by Crippen LogP contribution is 2.10. The molecule has 0 saturated carbocycles. The van der Waals surface area contributed by atoms with Crippen LogP contribution in [-0.2, 0) is 4.74 Å². The molecule has 0 unspecified atom stereocenters. The molecule has 1 aliphatic rings. The number of hydrogen-bond donors (Lipinski definition) is 1. The summed E-state index contributed by atoms with van der Waals surface area (Å²) in [5.41, 5.74) is 5.42. The lowest BCUT2D eigenvalue weighted by Crippen LogP contribution is -2.24. The highest BCUT2D eigenvalue weighted by Gasteiger charge is 2.10. The molecule has 0 bridgehead atoms. The van der Waals surface area contributed by atoms with Gasteiger partial charge in [0.15, 0.2) is 0 Å². The monoisotopic (exact) mass is 115 g/mol. The smallest absolute Gasteiger partial charge is 0.0506 e. The molecule has 0 spiro atoms. The predicted molar refractivity (Wildman–Crippen MR) is 32.6 cm³/mol. The first-order chi connectivity index (χ1) is 3.93. The number of rotatable bonds is 1. The molecule has 2 heteroatoms. The van der Waals surface area contributed by atoms with E-state index in [1.807, 2.05) is 0 Å². The summed E-state index contributed by atoms with van der Waals surface area (Å²) < 4.78 is 5.19. The zero-order valence-corrected chi connectivity index (χ0v) is 5.10. The molecule has 0 aliphatic carbocycles. The zero-order valence-electron chi connectivity index (χ0n) is 5.10. The first-order valence-corrected chi connectivity index (χ1v) is 3.21. The number of hydrogen-bond acceptors (Lipinski definition) is 2. The zero-order chi connectivity index (χ0) is 5.82.